The van der Waals surface area contributed by atoms with Gasteiger partial charge in [-0.1, -0.05) is 57.2 Å². The highest BCUT2D eigenvalue weighted by Gasteiger charge is 2.24. The Kier molecular flexibility index (Phi) is 8.57. The van der Waals surface area contributed by atoms with Gasteiger partial charge in [-0.15, -0.1) is 0 Å². The van der Waals surface area contributed by atoms with Crippen LogP contribution in [0.5, 0.6) is 0 Å². The van der Waals surface area contributed by atoms with Crippen molar-refractivity contribution in [3.05, 3.63) is 89.0 Å². The molecule has 38 heavy (non-hydrogen) atoms. The summed E-state index contributed by atoms with van der Waals surface area (Å²) in [5.74, 6) is -2.23. The van der Waals surface area contributed by atoms with Gasteiger partial charge in [-0.05, 0) is 53.8 Å². The van der Waals surface area contributed by atoms with Crippen LogP contribution < -0.4 is 10.0 Å². The van der Waals surface area contributed by atoms with Crippen molar-refractivity contribution in [2.75, 3.05) is 23.8 Å². The van der Waals surface area contributed by atoms with Crippen LogP contribution in [0.15, 0.2) is 71.6 Å². The summed E-state index contributed by atoms with van der Waals surface area (Å²) in [4.78, 5) is 37.2. The van der Waals surface area contributed by atoms with Crippen LogP contribution in [0.3, 0.4) is 0 Å². The number of rotatable bonds is 8. The van der Waals surface area contributed by atoms with Crippen molar-refractivity contribution < 1.29 is 32.3 Å². The quantitative estimate of drug-likeness (QED) is 0.399. The number of sulfonamides is 1. The minimum Gasteiger partial charge on any atom is -0.465 e. The number of hydrogen-bond donors (Lipinski definition) is 2. The molecule has 0 radical (unpaired) electrons. The average molecular weight is 539 g/mol. The zero-order valence-electron chi connectivity index (χ0n) is 21.8. The number of aryl methyl sites for hydroxylation is 1. The maximum atomic E-state index is 13.3. The number of para-hydroxylation sites is 2. The Hall–Kier alpha value is -4.18. The fourth-order valence-corrected chi connectivity index (χ4v) is 4.93. The number of amides is 1. The summed E-state index contributed by atoms with van der Waals surface area (Å²) in [6.45, 7) is 6.98. The molecule has 10 heteroatoms. The minimum atomic E-state index is -4.05. The number of anilines is 2. The fraction of sp³-hybridized carbons (Fsp3) is 0.250. The third-order valence-electron chi connectivity index (χ3n) is 5.68. The van der Waals surface area contributed by atoms with Crippen molar-refractivity contribution in [3.8, 4) is 0 Å². The maximum Gasteiger partial charge on any atom is 0.340 e. The molecular weight excluding hydrogens is 508 g/mol. The maximum absolute atomic E-state index is 13.3. The SMILES string of the molecule is COC(=O)c1ccccc1NC(=O)COC(=O)c1ccccc1NS(=O)(=O)c1cc(C(C)(C)C)ccc1C. The molecule has 2 N–H and O–H groups in total. The zero-order chi connectivity index (χ0) is 28.1. The van der Waals surface area contributed by atoms with Crippen molar-refractivity contribution >= 4 is 39.2 Å². The Bertz CT molecular complexity index is 1470. The molecule has 3 rings (SSSR count). The van der Waals surface area contributed by atoms with Crippen LogP contribution in [0.2, 0.25) is 0 Å². The first-order valence-electron chi connectivity index (χ1n) is 11.7. The van der Waals surface area contributed by atoms with E-state index in [9.17, 15) is 22.8 Å². The smallest absolute Gasteiger partial charge is 0.340 e. The second kappa shape index (κ2) is 11.5. The zero-order valence-corrected chi connectivity index (χ0v) is 22.6. The number of carbonyl (C=O) groups excluding carboxylic acids is 3. The molecule has 9 nitrogen and oxygen atoms in total. The fourth-order valence-electron chi connectivity index (χ4n) is 3.58. The molecule has 0 unspecified atom stereocenters. The molecule has 0 saturated heterocycles. The van der Waals surface area contributed by atoms with Crippen LogP contribution in [0.25, 0.3) is 0 Å². The largest absolute Gasteiger partial charge is 0.465 e. The van der Waals surface area contributed by atoms with Gasteiger partial charge in [-0.2, -0.15) is 0 Å². The molecule has 0 heterocycles. The van der Waals surface area contributed by atoms with E-state index < -0.39 is 34.5 Å². The van der Waals surface area contributed by atoms with E-state index in [-0.39, 0.29) is 32.8 Å². The van der Waals surface area contributed by atoms with E-state index in [1.165, 1.54) is 31.4 Å². The summed E-state index contributed by atoms with van der Waals surface area (Å²) in [6, 6.07) is 17.4. The first-order valence-corrected chi connectivity index (χ1v) is 13.2. The lowest BCUT2D eigenvalue weighted by Gasteiger charge is -2.21. The lowest BCUT2D eigenvalue weighted by molar-refractivity contribution is -0.119. The molecule has 0 aliphatic carbocycles. The Morgan fingerprint density at radius 3 is 2.03 bits per heavy atom. The van der Waals surface area contributed by atoms with Crippen molar-refractivity contribution in [3.63, 3.8) is 0 Å². The van der Waals surface area contributed by atoms with Crippen LogP contribution in [0.1, 0.15) is 52.6 Å². The van der Waals surface area contributed by atoms with E-state index in [1.54, 1.807) is 43.3 Å². The normalized spacial score (nSPS) is 11.4. The number of methoxy groups -OCH3 is 1. The molecule has 0 aliphatic rings. The van der Waals surface area contributed by atoms with Crippen LogP contribution in [-0.4, -0.2) is 40.0 Å². The van der Waals surface area contributed by atoms with E-state index in [0.717, 1.165) is 5.56 Å². The first-order chi connectivity index (χ1) is 17.8. The summed E-state index contributed by atoms with van der Waals surface area (Å²) < 4.78 is 38.9. The van der Waals surface area contributed by atoms with Crippen molar-refractivity contribution in [2.24, 2.45) is 0 Å². The first kappa shape index (κ1) is 28.4. The van der Waals surface area contributed by atoms with Gasteiger partial charge in [-0.3, -0.25) is 9.52 Å². The van der Waals surface area contributed by atoms with E-state index in [2.05, 4.69) is 10.0 Å². The molecule has 3 aromatic rings. The highest BCUT2D eigenvalue weighted by molar-refractivity contribution is 7.92. The lowest BCUT2D eigenvalue weighted by Crippen LogP contribution is -2.23. The Morgan fingerprint density at radius 2 is 1.42 bits per heavy atom. The van der Waals surface area contributed by atoms with Crippen LogP contribution in [-0.2, 0) is 29.7 Å². The monoisotopic (exact) mass is 538 g/mol. The van der Waals surface area contributed by atoms with Gasteiger partial charge in [-0.25, -0.2) is 18.0 Å². The molecule has 200 valence electrons. The predicted molar refractivity (Wildman–Crippen MR) is 144 cm³/mol. The van der Waals surface area contributed by atoms with Gasteiger partial charge < -0.3 is 14.8 Å². The highest BCUT2D eigenvalue weighted by atomic mass is 32.2. The third kappa shape index (κ3) is 6.77. The molecule has 0 fully saturated rings. The summed E-state index contributed by atoms with van der Waals surface area (Å²) >= 11 is 0. The van der Waals surface area contributed by atoms with Gasteiger partial charge >= 0.3 is 11.9 Å². The molecule has 0 spiro atoms. The standard InChI is InChI=1S/C28H30N2O7S/c1-18-14-15-19(28(2,3)4)16-24(18)38(34,35)30-23-13-9-7-11-21(23)27(33)37-17-25(31)29-22-12-8-6-10-20(22)26(32)36-5/h6-16,30H,17H2,1-5H3,(H,29,31). The topological polar surface area (TPSA) is 128 Å². The molecule has 1 amide bonds. The van der Waals surface area contributed by atoms with Gasteiger partial charge in [0.15, 0.2) is 6.61 Å². The predicted octanol–water partition coefficient (Wildman–Crippen LogP) is 4.68. The number of hydrogen-bond acceptors (Lipinski definition) is 7. The number of esters is 2. The molecule has 3 aromatic carbocycles. The van der Waals surface area contributed by atoms with Gasteiger partial charge in [0.1, 0.15) is 0 Å². The van der Waals surface area contributed by atoms with Crippen molar-refractivity contribution in [1.29, 1.82) is 0 Å². The Balaban J connectivity index is 1.76. The minimum absolute atomic E-state index is 0.00880. The van der Waals surface area contributed by atoms with Gasteiger partial charge in [0, 0.05) is 0 Å². The number of nitrogens with one attached hydrogen (secondary N) is 2. The average Bonchev–Trinajstić information content (AvgIpc) is 2.86. The molecule has 0 atom stereocenters. The molecule has 0 bridgehead atoms. The van der Waals surface area contributed by atoms with E-state index in [4.69, 9.17) is 9.47 Å². The van der Waals surface area contributed by atoms with E-state index in [0.29, 0.717) is 5.56 Å². The molecule has 0 aromatic heterocycles. The van der Waals surface area contributed by atoms with E-state index in [1.807, 2.05) is 26.8 Å². The van der Waals surface area contributed by atoms with Crippen LogP contribution in [0.4, 0.5) is 11.4 Å². The van der Waals surface area contributed by atoms with Gasteiger partial charge in [0.25, 0.3) is 15.9 Å². The van der Waals surface area contributed by atoms with Crippen LogP contribution in [0, 0.1) is 6.92 Å². The summed E-state index contributed by atoms with van der Waals surface area (Å²) in [5.41, 5.74) is 1.41. The van der Waals surface area contributed by atoms with Crippen LogP contribution >= 0.6 is 0 Å². The van der Waals surface area contributed by atoms with Crippen molar-refractivity contribution in [1.82, 2.24) is 0 Å². The highest BCUT2D eigenvalue weighted by Crippen LogP contribution is 2.28. The molecule has 0 aliphatic heterocycles. The number of ether oxygens (including phenoxy) is 2. The third-order valence-corrected chi connectivity index (χ3v) is 7.18. The Morgan fingerprint density at radius 1 is 0.842 bits per heavy atom. The number of benzene rings is 3. The summed E-state index contributed by atoms with van der Waals surface area (Å²) in [5, 5.41) is 2.50. The summed E-state index contributed by atoms with van der Waals surface area (Å²) in [7, 11) is -2.83. The second-order valence-electron chi connectivity index (χ2n) is 9.54. The Labute approximate surface area is 222 Å². The van der Waals surface area contributed by atoms with Gasteiger partial charge in [0.05, 0.1) is 34.5 Å². The lowest BCUT2D eigenvalue weighted by atomic mass is 9.87. The second-order valence-corrected chi connectivity index (χ2v) is 11.2. The van der Waals surface area contributed by atoms with Crippen molar-refractivity contribution in [2.45, 2.75) is 38.0 Å². The number of carbonyl (C=O) groups is 3. The molecular formula is C28H30N2O7S. The molecule has 0 saturated carbocycles. The van der Waals surface area contributed by atoms with Gasteiger partial charge in [0.2, 0.25) is 0 Å². The summed E-state index contributed by atoms with van der Waals surface area (Å²) in [6.07, 6.45) is 0. The van der Waals surface area contributed by atoms with E-state index >= 15 is 0 Å².